The normalized spacial score (nSPS) is 14.6. The highest BCUT2D eigenvalue weighted by molar-refractivity contribution is 9.10. The molecule has 1 aromatic carbocycles. The molecule has 0 amide bonds. The molecule has 0 aliphatic carbocycles. The van der Waals surface area contributed by atoms with Crippen molar-refractivity contribution >= 4 is 15.9 Å². The first-order chi connectivity index (χ1) is 8.99. The number of nitrogens with one attached hydrogen (secondary N) is 1. The molecular formula is C15H24BrNO2. The summed E-state index contributed by atoms with van der Waals surface area (Å²) in [6.07, 6.45) is 0.914. The van der Waals surface area contributed by atoms with E-state index in [-0.39, 0.29) is 12.1 Å². The Hall–Kier alpha value is -0.580. The number of aromatic hydroxyl groups is 1. The highest BCUT2D eigenvalue weighted by Crippen LogP contribution is 2.30. The maximum atomic E-state index is 10.0. The third-order valence-corrected chi connectivity index (χ3v) is 3.83. The van der Waals surface area contributed by atoms with E-state index in [9.17, 15) is 5.11 Å². The standard InChI is InChI=1S/C15H24BrNO2/c1-5-13(17-14(9-19-4)10(2)3)12-8-11(16)6-7-15(12)18/h6-8,10,13-14,17-18H,5,9H2,1-4H3. The van der Waals surface area contributed by atoms with Gasteiger partial charge < -0.3 is 15.2 Å². The van der Waals surface area contributed by atoms with Crippen molar-refractivity contribution in [1.82, 2.24) is 5.32 Å². The average Bonchev–Trinajstić information content (AvgIpc) is 2.37. The number of halogens is 1. The first kappa shape index (κ1) is 16.5. The summed E-state index contributed by atoms with van der Waals surface area (Å²) in [7, 11) is 1.72. The number of hydrogen-bond acceptors (Lipinski definition) is 3. The number of rotatable bonds is 7. The fourth-order valence-electron chi connectivity index (χ4n) is 2.10. The molecule has 0 aromatic heterocycles. The fourth-order valence-corrected chi connectivity index (χ4v) is 2.48. The lowest BCUT2D eigenvalue weighted by atomic mass is 9.99. The van der Waals surface area contributed by atoms with Crippen LogP contribution in [0.2, 0.25) is 0 Å². The Balaban J connectivity index is 2.90. The molecule has 0 saturated carbocycles. The summed E-state index contributed by atoms with van der Waals surface area (Å²) >= 11 is 3.46. The molecule has 2 N–H and O–H groups in total. The van der Waals surface area contributed by atoms with E-state index in [0.29, 0.717) is 18.3 Å². The van der Waals surface area contributed by atoms with Crippen LogP contribution in [0.25, 0.3) is 0 Å². The molecule has 108 valence electrons. The van der Waals surface area contributed by atoms with Crippen LogP contribution in [0.3, 0.4) is 0 Å². The number of phenolic OH excluding ortho intramolecular Hbond substituents is 1. The Kier molecular flexibility index (Phi) is 6.83. The molecule has 0 aliphatic heterocycles. The van der Waals surface area contributed by atoms with E-state index in [1.807, 2.05) is 12.1 Å². The molecule has 0 saturated heterocycles. The van der Waals surface area contributed by atoms with Gasteiger partial charge in [0.05, 0.1) is 6.61 Å². The molecule has 0 fully saturated rings. The molecule has 0 bridgehead atoms. The average molecular weight is 330 g/mol. The molecule has 1 rings (SSSR count). The maximum absolute atomic E-state index is 10.0. The van der Waals surface area contributed by atoms with Crippen molar-refractivity contribution in [3.63, 3.8) is 0 Å². The largest absolute Gasteiger partial charge is 0.508 e. The third kappa shape index (κ3) is 4.79. The zero-order valence-electron chi connectivity index (χ0n) is 12.1. The van der Waals surface area contributed by atoms with Crippen LogP contribution in [0, 0.1) is 5.92 Å². The van der Waals surface area contributed by atoms with Crippen molar-refractivity contribution in [3.8, 4) is 5.75 Å². The Morgan fingerprint density at radius 1 is 1.37 bits per heavy atom. The highest BCUT2D eigenvalue weighted by atomic mass is 79.9. The molecule has 19 heavy (non-hydrogen) atoms. The van der Waals surface area contributed by atoms with Crippen LogP contribution in [-0.4, -0.2) is 24.9 Å². The molecule has 2 atom stereocenters. The van der Waals surface area contributed by atoms with E-state index in [1.165, 1.54) is 0 Å². The zero-order chi connectivity index (χ0) is 14.4. The van der Waals surface area contributed by atoms with Crippen molar-refractivity contribution in [3.05, 3.63) is 28.2 Å². The van der Waals surface area contributed by atoms with Gasteiger partial charge >= 0.3 is 0 Å². The predicted molar refractivity (Wildman–Crippen MR) is 82.5 cm³/mol. The summed E-state index contributed by atoms with van der Waals surface area (Å²) < 4.78 is 6.25. The van der Waals surface area contributed by atoms with E-state index in [2.05, 4.69) is 42.0 Å². The monoisotopic (exact) mass is 329 g/mol. The molecule has 0 radical (unpaired) electrons. The summed E-state index contributed by atoms with van der Waals surface area (Å²) in [5.41, 5.74) is 0.929. The van der Waals surface area contributed by atoms with Gasteiger partial charge in [0.25, 0.3) is 0 Å². The number of ether oxygens (including phenoxy) is 1. The van der Waals surface area contributed by atoms with Gasteiger partial charge in [0.2, 0.25) is 0 Å². The SMILES string of the molecule is CCC(NC(COC)C(C)C)c1cc(Br)ccc1O. The van der Waals surface area contributed by atoms with Crippen LogP contribution >= 0.6 is 15.9 Å². The molecule has 4 heteroatoms. The van der Waals surface area contributed by atoms with Gasteiger partial charge in [-0.1, -0.05) is 36.7 Å². The molecule has 2 unspecified atom stereocenters. The first-order valence-electron chi connectivity index (χ1n) is 6.73. The van der Waals surface area contributed by atoms with Gasteiger partial charge in [-0.15, -0.1) is 0 Å². The lowest BCUT2D eigenvalue weighted by Gasteiger charge is -2.28. The highest BCUT2D eigenvalue weighted by Gasteiger charge is 2.20. The minimum atomic E-state index is 0.125. The Morgan fingerprint density at radius 2 is 2.05 bits per heavy atom. The fraction of sp³-hybridized carbons (Fsp3) is 0.600. The van der Waals surface area contributed by atoms with Gasteiger partial charge in [0.15, 0.2) is 0 Å². The van der Waals surface area contributed by atoms with Crippen LogP contribution in [0.15, 0.2) is 22.7 Å². The number of hydrogen-bond donors (Lipinski definition) is 2. The second-order valence-electron chi connectivity index (χ2n) is 5.14. The second-order valence-corrected chi connectivity index (χ2v) is 6.05. The lowest BCUT2D eigenvalue weighted by Crippen LogP contribution is -2.40. The number of methoxy groups -OCH3 is 1. The van der Waals surface area contributed by atoms with Crippen LogP contribution < -0.4 is 5.32 Å². The first-order valence-corrected chi connectivity index (χ1v) is 7.52. The van der Waals surface area contributed by atoms with Crippen molar-refractivity contribution in [2.75, 3.05) is 13.7 Å². The van der Waals surface area contributed by atoms with E-state index in [1.54, 1.807) is 13.2 Å². The molecule has 0 aliphatic rings. The second kappa shape index (κ2) is 7.88. The van der Waals surface area contributed by atoms with E-state index >= 15 is 0 Å². The van der Waals surface area contributed by atoms with Gasteiger partial charge in [-0.05, 0) is 30.5 Å². The lowest BCUT2D eigenvalue weighted by molar-refractivity contribution is 0.139. The molecule has 0 spiro atoms. The van der Waals surface area contributed by atoms with Crippen molar-refractivity contribution in [1.29, 1.82) is 0 Å². The Morgan fingerprint density at radius 3 is 2.58 bits per heavy atom. The van der Waals surface area contributed by atoms with E-state index in [4.69, 9.17) is 4.74 Å². The minimum Gasteiger partial charge on any atom is -0.508 e. The molecule has 1 aromatic rings. The van der Waals surface area contributed by atoms with Crippen LogP contribution in [0.1, 0.15) is 38.8 Å². The van der Waals surface area contributed by atoms with Crippen molar-refractivity contribution in [2.45, 2.75) is 39.3 Å². The summed E-state index contributed by atoms with van der Waals surface area (Å²) in [4.78, 5) is 0. The number of benzene rings is 1. The predicted octanol–water partition coefficient (Wildman–Crippen LogP) is 3.87. The smallest absolute Gasteiger partial charge is 0.120 e. The third-order valence-electron chi connectivity index (χ3n) is 3.34. The van der Waals surface area contributed by atoms with Crippen LogP contribution in [-0.2, 0) is 4.74 Å². The van der Waals surface area contributed by atoms with Gasteiger partial charge in [-0.2, -0.15) is 0 Å². The summed E-state index contributed by atoms with van der Waals surface area (Å²) in [5.74, 6) is 0.811. The van der Waals surface area contributed by atoms with Crippen LogP contribution in [0.5, 0.6) is 5.75 Å². The maximum Gasteiger partial charge on any atom is 0.120 e. The quantitative estimate of drug-likeness (QED) is 0.797. The van der Waals surface area contributed by atoms with Crippen LogP contribution in [0.4, 0.5) is 0 Å². The molecular weight excluding hydrogens is 306 g/mol. The van der Waals surface area contributed by atoms with Gasteiger partial charge in [-0.25, -0.2) is 0 Å². The van der Waals surface area contributed by atoms with Crippen molar-refractivity contribution in [2.24, 2.45) is 5.92 Å². The van der Waals surface area contributed by atoms with E-state index < -0.39 is 0 Å². The topological polar surface area (TPSA) is 41.5 Å². The molecule has 0 heterocycles. The zero-order valence-corrected chi connectivity index (χ0v) is 13.7. The number of phenols is 1. The van der Waals surface area contributed by atoms with Gasteiger partial charge in [-0.3, -0.25) is 0 Å². The summed E-state index contributed by atoms with van der Waals surface area (Å²) in [5, 5.41) is 13.6. The summed E-state index contributed by atoms with van der Waals surface area (Å²) in [6.45, 7) is 7.12. The van der Waals surface area contributed by atoms with Gasteiger partial charge in [0.1, 0.15) is 5.75 Å². The van der Waals surface area contributed by atoms with Crippen molar-refractivity contribution < 1.29 is 9.84 Å². The van der Waals surface area contributed by atoms with Gasteiger partial charge in [0, 0.05) is 29.2 Å². The Bertz CT molecular complexity index is 396. The summed E-state index contributed by atoms with van der Waals surface area (Å²) in [6, 6.07) is 5.94. The molecule has 3 nitrogen and oxygen atoms in total. The van der Waals surface area contributed by atoms with E-state index in [0.717, 1.165) is 16.5 Å². The Labute approximate surface area is 124 Å². The minimum absolute atomic E-state index is 0.125.